The second kappa shape index (κ2) is 6.34. The number of hydrogen-bond donors (Lipinski definition) is 2. The Bertz CT molecular complexity index is 544. The molecule has 0 saturated carbocycles. The van der Waals surface area contributed by atoms with Gasteiger partial charge in [0.25, 0.3) is 0 Å². The van der Waals surface area contributed by atoms with E-state index in [4.69, 9.17) is 4.74 Å². The monoisotopic (exact) mass is 353 g/mol. The first-order valence-electron chi connectivity index (χ1n) is 7.36. The zero-order valence-electron chi connectivity index (χ0n) is 12.1. The minimum atomic E-state index is -0.282. The lowest BCUT2D eigenvalue weighted by atomic mass is 10.1. The van der Waals surface area contributed by atoms with Gasteiger partial charge in [0.1, 0.15) is 18.4 Å². The highest BCUT2D eigenvalue weighted by Gasteiger charge is 2.30. The van der Waals surface area contributed by atoms with Gasteiger partial charge in [0.05, 0.1) is 4.47 Å². The lowest BCUT2D eigenvalue weighted by molar-refractivity contribution is -0.117. The average molecular weight is 354 g/mol. The number of ether oxygens (including phenoxy) is 1. The van der Waals surface area contributed by atoms with Crippen LogP contribution in [0.15, 0.2) is 16.6 Å². The normalized spacial score (nSPS) is 21.4. The summed E-state index contributed by atoms with van der Waals surface area (Å²) in [6, 6.07) is 3.58. The molecule has 1 aromatic carbocycles. The van der Waals surface area contributed by atoms with Gasteiger partial charge in [-0.25, -0.2) is 0 Å². The van der Waals surface area contributed by atoms with Crippen molar-refractivity contribution in [1.82, 2.24) is 10.2 Å². The van der Waals surface area contributed by atoms with E-state index in [2.05, 4.69) is 31.5 Å². The molecular weight excluding hydrogens is 334 g/mol. The molecule has 1 unspecified atom stereocenters. The molecule has 0 bridgehead atoms. The number of hydrogen-bond acceptors (Lipinski definition) is 4. The molecule has 0 aliphatic carbocycles. The predicted molar refractivity (Wildman–Crippen MR) is 85.7 cm³/mol. The number of amides is 1. The molecule has 2 heterocycles. The molecule has 0 spiro atoms. The highest BCUT2D eigenvalue weighted by molar-refractivity contribution is 9.10. The third-order valence-electron chi connectivity index (χ3n) is 4.09. The van der Waals surface area contributed by atoms with Crippen molar-refractivity contribution in [1.29, 1.82) is 0 Å². The molecule has 1 amide bonds. The van der Waals surface area contributed by atoms with E-state index in [1.165, 1.54) is 25.9 Å². The number of anilines is 1. The fourth-order valence-electron chi connectivity index (χ4n) is 2.95. The third kappa shape index (κ3) is 3.07. The summed E-state index contributed by atoms with van der Waals surface area (Å²) >= 11 is 3.53. The van der Waals surface area contributed by atoms with E-state index in [9.17, 15) is 4.79 Å². The standard InChI is InChI=1S/C15H20BrN3O2/c1-17-14-10-8-11(16)13(9-12(10)18-15(14)20)21-7-6-19-4-2-3-5-19/h8-9,14,17H,2-7H2,1H3,(H,18,20). The molecule has 3 rings (SSSR count). The van der Waals surface area contributed by atoms with Gasteiger partial charge in [0, 0.05) is 23.9 Å². The molecule has 1 atom stereocenters. The van der Waals surface area contributed by atoms with Crippen molar-refractivity contribution in [3.05, 3.63) is 22.2 Å². The van der Waals surface area contributed by atoms with Crippen molar-refractivity contribution >= 4 is 27.5 Å². The molecule has 5 nitrogen and oxygen atoms in total. The summed E-state index contributed by atoms with van der Waals surface area (Å²) in [4.78, 5) is 14.3. The van der Waals surface area contributed by atoms with Gasteiger partial charge >= 0.3 is 0 Å². The van der Waals surface area contributed by atoms with Gasteiger partial charge < -0.3 is 15.4 Å². The van der Waals surface area contributed by atoms with Crippen molar-refractivity contribution in [3.63, 3.8) is 0 Å². The molecule has 1 fully saturated rings. The molecule has 114 valence electrons. The lowest BCUT2D eigenvalue weighted by Gasteiger charge is -2.16. The van der Waals surface area contributed by atoms with E-state index in [1.54, 1.807) is 7.05 Å². The maximum Gasteiger partial charge on any atom is 0.246 e. The molecule has 2 aliphatic heterocycles. The number of rotatable bonds is 5. The number of carbonyl (C=O) groups excluding carboxylic acids is 1. The van der Waals surface area contributed by atoms with Crippen LogP contribution >= 0.6 is 15.9 Å². The third-order valence-corrected chi connectivity index (χ3v) is 4.71. The Morgan fingerprint density at radius 1 is 1.43 bits per heavy atom. The van der Waals surface area contributed by atoms with E-state index in [0.717, 1.165) is 28.0 Å². The van der Waals surface area contributed by atoms with Crippen LogP contribution in [0.1, 0.15) is 24.4 Å². The number of carbonyl (C=O) groups is 1. The summed E-state index contributed by atoms with van der Waals surface area (Å²) in [5.74, 6) is 0.763. The molecule has 21 heavy (non-hydrogen) atoms. The number of fused-ring (bicyclic) bond motifs is 1. The summed E-state index contributed by atoms with van der Waals surface area (Å²) in [5.41, 5.74) is 1.79. The Morgan fingerprint density at radius 3 is 2.90 bits per heavy atom. The highest BCUT2D eigenvalue weighted by Crippen LogP contribution is 2.38. The predicted octanol–water partition coefficient (Wildman–Crippen LogP) is 2.14. The number of nitrogens with zero attached hydrogens (tertiary/aromatic N) is 1. The Morgan fingerprint density at radius 2 is 2.19 bits per heavy atom. The summed E-state index contributed by atoms with van der Waals surface area (Å²) in [6.45, 7) is 3.97. The first-order chi connectivity index (χ1) is 10.2. The fraction of sp³-hybridized carbons (Fsp3) is 0.533. The van der Waals surface area contributed by atoms with Crippen LogP contribution in [0.25, 0.3) is 0 Å². The molecule has 1 aromatic rings. The van der Waals surface area contributed by atoms with Gasteiger partial charge in [-0.3, -0.25) is 9.69 Å². The van der Waals surface area contributed by atoms with Crippen LogP contribution in [0, 0.1) is 0 Å². The minimum Gasteiger partial charge on any atom is -0.491 e. The van der Waals surface area contributed by atoms with Gasteiger partial charge in [-0.1, -0.05) is 0 Å². The van der Waals surface area contributed by atoms with Crippen molar-refractivity contribution < 1.29 is 9.53 Å². The number of nitrogens with one attached hydrogen (secondary N) is 2. The quantitative estimate of drug-likeness (QED) is 0.851. The maximum atomic E-state index is 11.8. The SMILES string of the molecule is CNC1C(=O)Nc2cc(OCCN3CCCC3)c(Br)cc21. The van der Waals surface area contributed by atoms with Crippen LogP contribution in [0.4, 0.5) is 5.69 Å². The average Bonchev–Trinajstić information content (AvgIpc) is 3.06. The van der Waals surface area contributed by atoms with E-state index >= 15 is 0 Å². The summed E-state index contributed by atoms with van der Waals surface area (Å²) in [7, 11) is 1.79. The zero-order chi connectivity index (χ0) is 14.8. The van der Waals surface area contributed by atoms with Crippen molar-refractivity contribution in [2.75, 3.05) is 38.6 Å². The van der Waals surface area contributed by atoms with E-state index in [0.29, 0.717) is 6.61 Å². The minimum absolute atomic E-state index is 0.0198. The lowest BCUT2D eigenvalue weighted by Crippen LogP contribution is -2.25. The number of likely N-dealkylation sites (N-methyl/N-ethyl adjacent to an activating group) is 1. The zero-order valence-corrected chi connectivity index (χ0v) is 13.7. The van der Waals surface area contributed by atoms with E-state index in [1.807, 2.05) is 12.1 Å². The van der Waals surface area contributed by atoms with Crippen molar-refractivity contribution in [3.8, 4) is 5.75 Å². The molecule has 6 heteroatoms. The van der Waals surface area contributed by atoms with Crippen LogP contribution in [-0.4, -0.2) is 44.1 Å². The second-order valence-electron chi connectivity index (χ2n) is 5.48. The van der Waals surface area contributed by atoms with Gasteiger partial charge in [-0.15, -0.1) is 0 Å². The first kappa shape index (κ1) is 14.8. The van der Waals surface area contributed by atoms with Gasteiger partial charge in [0.15, 0.2) is 0 Å². The Labute approximate surface area is 133 Å². The van der Waals surface area contributed by atoms with E-state index < -0.39 is 0 Å². The topological polar surface area (TPSA) is 53.6 Å². The summed E-state index contributed by atoms with van der Waals surface area (Å²) in [5, 5.41) is 5.90. The van der Waals surface area contributed by atoms with Crippen LogP contribution in [0.2, 0.25) is 0 Å². The number of benzene rings is 1. The second-order valence-corrected chi connectivity index (χ2v) is 6.33. The van der Waals surface area contributed by atoms with Crippen LogP contribution < -0.4 is 15.4 Å². The molecule has 0 radical (unpaired) electrons. The van der Waals surface area contributed by atoms with Crippen LogP contribution in [-0.2, 0) is 4.79 Å². The van der Waals surface area contributed by atoms with Crippen LogP contribution in [0.3, 0.4) is 0 Å². The van der Waals surface area contributed by atoms with Crippen LogP contribution in [0.5, 0.6) is 5.75 Å². The van der Waals surface area contributed by atoms with Gasteiger partial charge in [-0.2, -0.15) is 0 Å². The Balaban J connectivity index is 1.66. The largest absolute Gasteiger partial charge is 0.491 e. The summed E-state index contributed by atoms with van der Waals surface area (Å²) < 4.78 is 6.76. The first-order valence-corrected chi connectivity index (χ1v) is 8.15. The van der Waals surface area contributed by atoms with Crippen molar-refractivity contribution in [2.45, 2.75) is 18.9 Å². The number of halogens is 1. The van der Waals surface area contributed by atoms with Gasteiger partial charge in [0.2, 0.25) is 5.91 Å². The molecular formula is C15H20BrN3O2. The molecule has 2 aliphatic rings. The fourth-order valence-corrected chi connectivity index (χ4v) is 3.43. The molecule has 1 saturated heterocycles. The van der Waals surface area contributed by atoms with E-state index in [-0.39, 0.29) is 11.9 Å². The highest BCUT2D eigenvalue weighted by atomic mass is 79.9. The summed E-state index contributed by atoms with van der Waals surface area (Å²) in [6.07, 6.45) is 2.58. The number of likely N-dealkylation sites (tertiary alicyclic amines) is 1. The smallest absolute Gasteiger partial charge is 0.246 e. The Kier molecular flexibility index (Phi) is 4.47. The molecule has 2 N–H and O–H groups in total. The van der Waals surface area contributed by atoms with Crippen molar-refractivity contribution in [2.24, 2.45) is 0 Å². The maximum absolute atomic E-state index is 11.8. The molecule has 0 aromatic heterocycles. The Hall–Kier alpha value is -1.11. The van der Waals surface area contributed by atoms with Gasteiger partial charge in [-0.05, 0) is 55.0 Å².